The van der Waals surface area contributed by atoms with E-state index in [9.17, 15) is 9.18 Å². The SMILES string of the molecule is O=C(Cc1ccccc1F)NCc1nc2ccccc2o1. The Hall–Kier alpha value is -2.69. The fraction of sp³-hybridized carbons (Fsp3) is 0.125. The highest BCUT2D eigenvalue weighted by molar-refractivity contribution is 5.78. The molecule has 2 aromatic carbocycles. The van der Waals surface area contributed by atoms with E-state index in [-0.39, 0.29) is 24.7 Å². The molecule has 3 rings (SSSR count). The molecule has 5 heteroatoms. The fourth-order valence-corrected chi connectivity index (χ4v) is 2.05. The summed E-state index contributed by atoms with van der Waals surface area (Å²) in [5.41, 5.74) is 1.79. The van der Waals surface area contributed by atoms with Crippen molar-refractivity contribution in [3.8, 4) is 0 Å². The summed E-state index contributed by atoms with van der Waals surface area (Å²) in [6.07, 6.45) is -0.00704. The molecule has 4 nitrogen and oxygen atoms in total. The second-order valence-corrected chi connectivity index (χ2v) is 4.62. The lowest BCUT2D eigenvalue weighted by atomic mass is 10.1. The highest BCUT2D eigenvalue weighted by atomic mass is 19.1. The smallest absolute Gasteiger partial charge is 0.224 e. The molecule has 0 bridgehead atoms. The van der Waals surface area contributed by atoms with Gasteiger partial charge in [0.1, 0.15) is 11.3 Å². The first-order valence-electron chi connectivity index (χ1n) is 6.57. The third-order valence-electron chi connectivity index (χ3n) is 3.08. The van der Waals surface area contributed by atoms with Crippen LogP contribution >= 0.6 is 0 Å². The first kappa shape index (κ1) is 13.3. The third kappa shape index (κ3) is 3.08. The maximum atomic E-state index is 13.4. The van der Waals surface area contributed by atoms with Crippen molar-refractivity contribution < 1.29 is 13.6 Å². The van der Waals surface area contributed by atoms with Gasteiger partial charge in [0.15, 0.2) is 5.58 Å². The minimum Gasteiger partial charge on any atom is -0.439 e. The minimum absolute atomic E-state index is 0.00704. The lowest BCUT2D eigenvalue weighted by Gasteiger charge is -2.03. The molecule has 0 fully saturated rings. The largest absolute Gasteiger partial charge is 0.439 e. The summed E-state index contributed by atoms with van der Waals surface area (Å²) in [6.45, 7) is 0.183. The zero-order valence-corrected chi connectivity index (χ0v) is 11.2. The van der Waals surface area contributed by atoms with Gasteiger partial charge in [-0.3, -0.25) is 4.79 Å². The number of carbonyl (C=O) groups excluding carboxylic acids is 1. The zero-order valence-electron chi connectivity index (χ0n) is 11.2. The average molecular weight is 284 g/mol. The fourth-order valence-electron chi connectivity index (χ4n) is 2.05. The van der Waals surface area contributed by atoms with Gasteiger partial charge in [0, 0.05) is 0 Å². The zero-order chi connectivity index (χ0) is 14.7. The van der Waals surface area contributed by atoms with Crippen LogP contribution in [0.15, 0.2) is 52.9 Å². The normalized spacial score (nSPS) is 10.7. The Labute approximate surface area is 120 Å². The van der Waals surface area contributed by atoms with Crippen LogP contribution in [-0.2, 0) is 17.8 Å². The van der Waals surface area contributed by atoms with Gasteiger partial charge in [0.05, 0.1) is 13.0 Å². The molecule has 0 saturated heterocycles. The van der Waals surface area contributed by atoms with E-state index in [4.69, 9.17) is 4.42 Å². The van der Waals surface area contributed by atoms with Crippen molar-refractivity contribution in [2.45, 2.75) is 13.0 Å². The molecule has 21 heavy (non-hydrogen) atoms. The van der Waals surface area contributed by atoms with Crippen molar-refractivity contribution in [1.29, 1.82) is 0 Å². The number of nitrogens with zero attached hydrogens (tertiary/aromatic N) is 1. The van der Waals surface area contributed by atoms with E-state index < -0.39 is 0 Å². The van der Waals surface area contributed by atoms with Crippen LogP contribution in [-0.4, -0.2) is 10.9 Å². The number of oxazole rings is 1. The summed E-state index contributed by atoms with van der Waals surface area (Å²) >= 11 is 0. The van der Waals surface area contributed by atoms with Gasteiger partial charge in [-0.05, 0) is 23.8 Å². The van der Waals surface area contributed by atoms with Crippen LogP contribution < -0.4 is 5.32 Å². The summed E-state index contributed by atoms with van der Waals surface area (Å²) in [5.74, 6) is -0.227. The molecule has 0 spiro atoms. The molecular formula is C16H13FN2O2. The third-order valence-corrected chi connectivity index (χ3v) is 3.08. The molecule has 106 valence electrons. The lowest BCUT2D eigenvalue weighted by molar-refractivity contribution is -0.120. The summed E-state index contributed by atoms with van der Waals surface area (Å²) in [4.78, 5) is 16.1. The predicted molar refractivity (Wildman–Crippen MR) is 76.0 cm³/mol. The molecule has 1 N–H and O–H groups in total. The topological polar surface area (TPSA) is 55.1 Å². The number of fused-ring (bicyclic) bond motifs is 1. The van der Waals surface area contributed by atoms with Gasteiger partial charge in [-0.1, -0.05) is 30.3 Å². The second kappa shape index (κ2) is 5.75. The number of amides is 1. The van der Waals surface area contributed by atoms with Gasteiger partial charge < -0.3 is 9.73 Å². The quantitative estimate of drug-likeness (QED) is 0.801. The molecule has 0 aliphatic rings. The van der Waals surface area contributed by atoms with E-state index in [2.05, 4.69) is 10.3 Å². The number of hydrogen-bond donors (Lipinski definition) is 1. The molecular weight excluding hydrogens is 271 g/mol. The van der Waals surface area contributed by atoms with E-state index >= 15 is 0 Å². The molecule has 0 atom stereocenters. The predicted octanol–water partition coefficient (Wildman–Crippen LogP) is 2.83. The Morgan fingerprint density at radius 2 is 1.90 bits per heavy atom. The van der Waals surface area contributed by atoms with Gasteiger partial charge in [-0.25, -0.2) is 9.37 Å². The Morgan fingerprint density at radius 3 is 2.71 bits per heavy atom. The molecule has 0 radical (unpaired) electrons. The Morgan fingerprint density at radius 1 is 1.14 bits per heavy atom. The number of rotatable bonds is 4. The van der Waals surface area contributed by atoms with Crippen LogP contribution in [0.25, 0.3) is 11.1 Å². The first-order valence-corrected chi connectivity index (χ1v) is 6.57. The summed E-state index contributed by atoms with van der Waals surface area (Å²) in [7, 11) is 0. The van der Waals surface area contributed by atoms with E-state index in [1.54, 1.807) is 18.2 Å². The monoisotopic (exact) mass is 284 g/mol. The van der Waals surface area contributed by atoms with Crippen LogP contribution in [0.5, 0.6) is 0 Å². The Balaban J connectivity index is 1.62. The number of halogens is 1. The maximum Gasteiger partial charge on any atom is 0.224 e. The van der Waals surface area contributed by atoms with E-state index in [0.717, 1.165) is 5.52 Å². The summed E-state index contributed by atoms with van der Waals surface area (Å²) in [5, 5.41) is 2.67. The molecule has 0 saturated carbocycles. The standard InChI is InChI=1S/C16H13FN2O2/c17-12-6-2-1-5-11(12)9-15(20)18-10-16-19-13-7-3-4-8-14(13)21-16/h1-8H,9-10H2,(H,18,20). The first-order chi connectivity index (χ1) is 10.2. The van der Waals surface area contributed by atoms with Gasteiger partial charge in [-0.15, -0.1) is 0 Å². The van der Waals surface area contributed by atoms with E-state index in [1.807, 2.05) is 24.3 Å². The van der Waals surface area contributed by atoms with Gasteiger partial charge in [-0.2, -0.15) is 0 Å². The molecule has 1 amide bonds. The maximum absolute atomic E-state index is 13.4. The molecule has 0 unspecified atom stereocenters. The highest BCUT2D eigenvalue weighted by Gasteiger charge is 2.09. The number of nitrogens with one attached hydrogen (secondary N) is 1. The summed E-state index contributed by atoms with van der Waals surface area (Å²) in [6, 6.07) is 13.6. The number of aromatic nitrogens is 1. The Kier molecular flexibility index (Phi) is 3.64. The van der Waals surface area contributed by atoms with Crippen molar-refractivity contribution in [2.75, 3.05) is 0 Å². The Bertz CT molecular complexity index is 750. The van der Waals surface area contributed by atoms with Crippen molar-refractivity contribution in [1.82, 2.24) is 10.3 Å². The van der Waals surface area contributed by atoms with Crippen LogP contribution in [0.2, 0.25) is 0 Å². The number of benzene rings is 2. The van der Waals surface area contributed by atoms with Crippen molar-refractivity contribution in [2.24, 2.45) is 0 Å². The molecule has 0 aliphatic carbocycles. The molecule has 3 aromatic rings. The van der Waals surface area contributed by atoms with Gasteiger partial charge in [0.2, 0.25) is 11.8 Å². The number of carbonyl (C=O) groups is 1. The van der Waals surface area contributed by atoms with Crippen LogP contribution in [0.3, 0.4) is 0 Å². The highest BCUT2D eigenvalue weighted by Crippen LogP contribution is 2.14. The molecule has 0 aliphatic heterocycles. The molecule has 1 aromatic heterocycles. The van der Waals surface area contributed by atoms with Crippen LogP contribution in [0.1, 0.15) is 11.5 Å². The van der Waals surface area contributed by atoms with Crippen molar-refractivity contribution in [3.63, 3.8) is 0 Å². The minimum atomic E-state index is -0.380. The average Bonchev–Trinajstić information content (AvgIpc) is 2.90. The van der Waals surface area contributed by atoms with Crippen molar-refractivity contribution in [3.05, 3.63) is 65.8 Å². The molecule has 1 heterocycles. The van der Waals surface area contributed by atoms with Gasteiger partial charge >= 0.3 is 0 Å². The number of hydrogen-bond acceptors (Lipinski definition) is 3. The van der Waals surface area contributed by atoms with Crippen LogP contribution in [0.4, 0.5) is 4.39 Å². The van der Waals surface area contributed by atoms with Crippen LogP contribution in [0, 0.1) is 5.82 Å². The van der Waals surface area contributed by atoms with E-state index in [1.165, 1.54) is 6.07 Å². The summed E-state index contributed by atoms with van der Waals surface area (Å²) < 4.78 is 18.9. The van der Waals surface area contributed by atoms with E-state index in [0.29, 0.717) is 17.0 Å². The lowest BCUT2D eigenvalue weighted by Crippen LogP contribution is -2.25. The number of para-hydroxylation sites is 2. The second-order valence-electron chi connectivity index (χ2n) is 4.62. The van der Waals surface area contributed by atoms with Gasteiger partial charge in [0.25, 0.3) is 0 Å². The van der Waals surface area contributed by atoms with Crippen molar-refractivity contribution >= 4 is 17.0 Å².